The number of aromatic nitrogens is 2. The lowest BCUT2D eigenvalue weighted by Crippen LogP contribution is -2.38. The summed E-state index contributed by atoms with van der Waals surface area (Å²) in [6, 6.07) is 5.36. The molecular weight excluding hydrogens is 447 g/mol. The highest BCUT2D eigenvalue weighted by Crippen LogP contribution is 2.36. The molecule has 0 N–H and O–H groups in total. The van der Waals surface area contributed by atoms with Crippen LogP contribution in [0.3, 0.4) is 0 Å². The second-order valence-corrected chi connectivity index (χ2v) is 10.7. The van der Waals surface area contributed by atoms with Crippen LogP contribution >= 0.6 is 0 Å². The van der Waals surface area contributed by atoms with Gasteiger partial charge in [-0.3, -0.25) is 0 Å². The maximum absolute atomic E-state index is 12.9. The van der Waals surface area contributed by atoms with E-state index in [4.69, 9.17) is 4.74 Å². The molecule has 1 unspecified atom stereocenters. The van der Waals surface area contributed by atoms with Crippen molar-refractivity contribution in [1.82, 2.24) is 9.78 Å². The van der Waals surface area contributed by atoms with Gasteiger partial charge in [0.25, 0.3) is 0 Å². The Hall–Kier alpha value is -2.56. The quantitative estimate of drug-likeness (QED) is 0.602. The van der Waals surface area contributed by atoms with Crippen molar-refractivity contribution in [3.8, 4) is 5.69 Å². The standard InChI is InChI=1S/C21H24F3N3O4S/c1-13-9-19(27(25-13)16-7-5-15(6-8-16)21(22,23)24)26-11-17(10-18(26)20(28)31-2)32(29,30)12-14-3-4-14/h5-9,14,17-18H,3-4,10-12H2,1-2H3/t17-,18?/m1/s1. The maximum Gasteiger partial charge on any atom is 0.416 e. The fourth-order valence-electron chi connectivity index (χ4n) is 4.09. The zero-order chi connectivity index (χ0) is 23.3. The molecule has 1 saturated carbocycles. The zero-order valence-electron chi connectivity index (χ0n) is 17.7. The van der Waals surface area contributed by atoms with Crippen LogP contribution in [0.15, 0.2) is 30.3 Å². The normalized spacial score (nSPS) is 21.7. The van der Waals surface area contributed by atoms with Crippen molar-refractivity contribution in [2.75, 3.05) is 24.3 Å². The molecule has 0 bridgehead atoms. The number of anilines is 1. The number of ether oxygens (including phenoxy) is 1. The van der Waals surface area contributed by atoms with Crippen LogP contribution in [0.4, 0.5) is 19.0 Å². The van der Waals surface area contributed by atoms with Crippen molar-refractivity contribution in [2.45, 2.75) is 43.7 Å². The average molecular weight is 472 g/mol. The van der Waals surface area contributed by atoms with E-state index in [0.29, 0.717) is 17.2 Å². The highest BCUT2D eigenvalue weighted by Gasteiger charge is 2.46. The van der Waals surface area contributed by atoms with E-state index in [1.54, 1.807) is 17.9 Å². The summed E-state index contributed by atoms with van der Waals surface area (Å²) in [7, 11) is -2.17. The molecule has 174 valence electrons. The lowest BCUT2D eigenvalue weighted by molar-refractivity contribution is -0.142. The van der Waals surface area contributed by atoms with Gasteiger partial charge < -0.3 is 9.64 Å². The van der Waals surface area contributed by atoms with E-state index in [0.717, 1.165) is 25.0 Å². The highest BCUT2D eigenvalue weighted by atomic mass is 32.2. The molecule has 0 spiro atoms. The third-order valence-electron chi connectivity index (χ3n) is 5.95. The number of benzene rings is 1. The molecule has 1 saturated heterocycles. The fraction of sp³-hybridized carbons (Fsp3) is 0.524. The Morgan fingerprint density at radius 1 is 1.22 bits per heavy atom. The Morgan fingerprint density at radius 3 is 2.44 bits per heavy atom. The van der Waals surface area contributed by atoms with Crippen molar-refractivity contribution >= 4 is 21.6 Å². The number of rotatable bonds is 6. The summed E-state index contributed by atoms with van der Waals surface area (Å²) in [4.78, 5) is 14.1. The monoisotopic (exact) mass is 471 g/mol. The van der Waals surface area contributed by atoms with Crippen molar-refractivity contribution < 1.29 is 31.1 Å². The van der Waals surface area contributed by atoms with Crippen LogP contribution in [0.1, 0.15) is 30.5 Å². The van der Waals surface area contributed by atoms with Gasteiger partial charge in [-0.25, -0.2) is 17.9 Å². The summed E-state index contributed by atoms with van der Waals surface area (Å²) in [6.45, 7) is 1.80. The van der Waals surface area contributed by atoms with Gasteiger partial charge in [0.15, 0.2) is 9.84 Å². The Bertz CT molecular complexity index is 1110. The number of alkyl halides is 3. The van der Waals surface area contributed by atoms with E-state index >= 15 is 0 Å². The molecule has 7 nitrogen and oxygen atoms in total. The van der Waals surface area contributed by atoms with Gasteiger partial charge in [0.05, 0.1) is 35.1 Å². The Kier molecular flexibility index (Phi) is 5.72. The smallest absolute Gasteiger partial charge is 0.416 e. The minimum atomic E-state index is -4.46. The van der Waals surface area contributed by atoms with E-state index in [1.807, 2.05) is 0 Å². The van der Waals surface area contributed by atoms with Gasteiger partial charge >= 0.3 is 12.1 Å². The van der Waals surface area contributed by atoms with Gasteiger partial charge in [0, 0.05) is 12.6 Å². The molecular formula is C21H24F3N3O4S. The third kappa shape index (κ3) is 4.48. The van der Waals surface area contributed by atoms with Crippen molar-refractivity contribution in [3.05, 3.63) is 41.6 Å². The Labute approximate surface area is 184 Å². The highest BCUT2D eigenvalue weighted by molar-refractivity contribution is 7.92. The topological polar surface area (TPSA) is 81.5 Å². The first-order chi connectivity index (χ1) is 15.0. The van der Waals surface area contributed by atoms with Crippen LogP contribution in [0, 0.1) is 12.8 Å². The summed E-state index contributed by atoms with van der Waals surface area (Å²) in [5, 5.41) is 3.64. The molecule has 2 atom stereocenters. The molecule has 0 radical (unpaired) electrons. The number of nitrogens with zero attached hydrogens (tertiary/aromatic N) is 3. The summed E-state index contributed by atoms with van der Waals surface area (Å²) in [5.41, 5.74) is 0.160. The summed E-state index contributed by atoms with van der Waals surface area (Å²) >= 11 is 0. The molecule has 11 heteroatoms. The largest absolute Gasteiger partial charge is 0.467 e. The lowest BCUT2D eigenvalue weighted by Gasteiger charge is -2.25. The number of hydrogen-bond donors (Lipinski definition) is 0. The minimum Gasteiger partial charge on any atom is -0.467 e. The van der Waals surface area contributed by atoms with Gasteiger partial charge in [-0.1, -0.05) is 0 Å². The number of aryl methyl sites for hydroxylation is 1. The van der Waals surface area contributed by atoms with Crippen LogP contribution in [0.25, 0.3) is 5.69 Å². The number of carbonyl (C=O) groups excluding carboxylic acids is 1. The molecule has 2 heterocycles. The van der Waals surface area contributed by atoms with Crippen LogP contribution < -0.4 is 4.90 Å². The van der Waals surface area contributed by atoms with Crippen molar-refractivity contribution in [3.63, 3.8) is 0 Å². The van der Waals surface area contributed by atoms with Gasteiger partial charge in [0.1, 0.15) is 11.9 Å². The second-order valence-electron chi connectivity index (χ2n) is 8.42. The Morgan fingerprint density at radius 2 is 1.88 bits per heavy atom. The van der Waals surface area contributed by atoms with E-state index in [9.17, 15) is 26.4 Å². The first-order valence-electron chi connectivity index (χ1n) is 10.3. The molecule has 2 fully saturated rings. The number of hydrogen-bond acceptors (Lipinski definition) is 6. The van der Waals surface area contributed by atoms with E-state index in [1.165, 1.54) is 23.9 Å². The van der Waals surface area contributed by atoms with E-state index < -0.39 is 38.8 Å². The number of halogens is 3. The Balaban J connectivity index is 1.69. The molecule has 1 aliphatic heterocycles. The third-order valence-corrected chi connectivity index (χ3v) is 8.25. The molecule has 2 aromatic rings. The molecule has 1 aliphatic carbocycles. The second kappa shape index (κ2) is 8.09. The minimum absolute atomic E-state index is 0.0839. The van der Waals surface area contributed by atoms with Gasteiger partial charge in [0.2, 0.25) is 0 Å². The SMILES string of the molecule is COC(=O)C1C[C@@H](S(=O)(=O)CC2CC2)CN1c1cc(C)nn1-c1ccc(C(F)(F)F)cc1. The summed E-state index contributed by atoms with van der Waals surface area (Å²) < 4.78 is 71.0. The van der Waals surface area contributed by atoms with Crippen molar-refractivity contribution in [2.24, 2.45) is 5.92 Å². The van der Waals surface area contributed by atoms with Gasteiger partial charge in [-0.15, -0.1) is 0 Å². The van der Waals surface area contributed by atoms with Crippen LogP contribution in [0.2, 0.25) is 0 Å². The molecule has 32 heavy (non-hydrogen) atoms. The predicted molar refractivity (Wildman–Crippen MR) is 111 cm³/mol. The number of carbonyl (C=O) groups is 1. The van der Waals surface area contributed by atoms with Crippen LogP contribution in [-0.4, -0.2) is 54.9 Å². The van der Waals surface area contributed by atoms with Gasteiger partial charge in [-0.2, -0.15) is 18.3 Å². The maximum atomic E-state index is 12.9. The average Bonchev–Trinajstić information content (AvgIpc) is 3.26. The fourth-order valence-corrected chi connectivity index (χ4v) is 6.22. The molecule has 4 rings (SSSR count). The number of sulfone groups is 1. The summed E-state index contributed by atoms with van der Waals surface area (Å²) in [6.07, 6.45) is -2.57. The first kappa shape index (κ1) is 22.6. The van der Waals surface area contributed by atoms with E-state index in [-0.39, 0.29) is 24.6 Å². The lowest BCUT2D eigenvalue weighted by atomic mass is 10.2. The molecule has 2 aliphatic rings. The van der Waals surface area contributed by atoms with E-state index in [2.05, 4.69) is 5.10 Å². The zero-order valence-corrected chi connectivity index (χ0v) is 18.5. The van der Waals surface area contributed by atoms with Crippen LogP contribution in [0.5, 0.6) is 0 Å². The van der Waals surface area contributed by atoms with Crippen LogP contribution in [-0.2, 0) is 25.5 Å². The number of esters is 1. The number of methoxy groups -OCH3 is 1. The van der Waals surface area contributed by atoms with Crippen molar-refractivity contribution in [1.29, 1.82) is 0 Å². The molecule has 1 aromatic heterocycles. The van der Waals surface area contributed by atoms with Gasteiger partial charge in [-0.05, 0) is 56.4 Å². The predicted octanol–water partition coefficient (Wildman–Crippen LogP) is 3.14. The first-order valence-corrected chi connectivity index (χ1v) is 12.0. The molecule has 1 aromatic carbocycles. The summed E-state index contributed by atoms with van der Waals surface area (Å²) in [5.74, 6) is 0.163. The molecule has 0 amide bonds.